The van der Waals surface area contributed by atoms with Crippen LogP contribution in [0.25, 0.3) is 0 Å². The minimum atomic E-state index is -3.61. The Morgan fingerprint density at radius 2 is 2.22 bits per heavy atom. The number of benzene rings is 1. The topological polar surface area (TPSA) is 108 Å². The van der Waals surface area contributed by atoms with Gasteiger partial charge < -0.3 is 15.7 Å². The summed E-state index contributed by atoms with van der Waals surface area (Å²) in [4.78, 5) is 12.2. The fourth-order valence-electron chi connectivity index (χ4n) is 2.30. The van der Waals surface area contributed by atoms with Gasteiger partial charge in [0.1, 0.15) is 0 Å². The fraction of sp³-hybridized carbons (Fsp3) is 0.533. The van der Waals surface area contributed by atoms with Gasteiger partial charge in [-0.25, -0.2) is 13.1 Å². The van der Waals surface area contributed by atoms with Crippen molar-refractivity contribution in [1.82, 2.24) is 10.0 Å². The third-order valence-corrected chi connectivity index (χ3v) is 5.39. The van der Waals surface area contributed by atoms with Gasteiger partial charge in [-0.3, -0.25) is 4.79 Å². The molecule has 1 aromatic carbocycles. The molecule has 0 aromatic heterocycles. The van der Waals surface area contributed by atoms with Crippen LogP contribution in [0.1, 0.15) is 26.7 Å². The van der Waals surface area contributed by atoms with Crippen LogP contribution in [-0.4, -0.2) is 44.2 Å². The van der Waals surface area contributed by atoms with Crippen molar-refractivity contribution in [2.75, 3.05) is 11.9 Å². The molecule has 8 heteroatoms. The first-order valence-electron chi connectivity index (χ1n) is 7.66. The third-order valence-electron chi connectivity index (χ3n) is 3.80. The molecule has 1 aromatic rings. The number of amides is 1. The van der Waals surface area contributed by atoms with E-state index in [1.807, 2.05) is 6.92 Å². The van der Waals surface area contributed by atoms with Gasteiger partial charge in [-0.15, -0.1) is 0 Å². The maximum Gasteiger partial charge on any atom is 0.241 e. The Hall–Kier alpha value is -1.48. The molecule has 1 heterocycles. The van der Waals surface area contributed by atoms with Gasteiger partial charge in [0.15, 0.2) is 0 Å². The Morgan fingerprint density at radius 3 is 2.83 bits per heavy atom. The summed E-state index contributed by atoms with van der Waals surface area (Å²) < 4.78 is 27.1. The summed E-state index contributed by atoms with van der Waals surface area (Å²) in [6, 6.07) is 5.49. The van der Waals surface area contributed by atoms with Gasteiger partial charge in [-0.2, -0.15) is 0 Å². The number of aliphatic hydroxyl groups is 1. The molecule has 0 saturated carbocycles. The van der Waals surface area contributed by atoms with Crippen LogP contribution in [0.3, 0.4) is 0 Å². The molecule has 0 spiro atoms. The Morgan fingerprint density at radius 1 is 1.48 bits per heavy atom. The molecule has 0 radical (unpaired) electrons. The summed E-state index contributed by atoms with van der Waals surface area (Å²) in [5.74, 6) is -0.286. The molecule has 7 nitrogen and oxygen atoms in total. The van der Waals surface area contributed by atoms with E-state index < -0.39 is 22.2 Å². The molecular formula is C15H23N3O4S. The lowest BCUT2D eigenvalue weighted by Gasteiger charge is -2.14. The molecule has 3 atom stereocenters. The molecule has 2 rings (SSSR count). The van der Waals surface area contributed by atoms with Crippen molar-refractivity contribution in [3.05, 3.63) is 24.3 Å². The normalized spacial score (nSPS) is 22.7. The third kappa shape index (κ3) is 4.74. The van der Waals surface area contributed by atoms with Gasteiger partial charge in [-0.1, -0.05) is 13.0 Å². The van der Waals surface area contributed by atoms with Crippen molar-refractivity contribution >= 4 is 21.6 Å². The van der Waals surface area contributed by atoms with Gasteiger partial charge in [0, 0.05) is 18.3 Å². The average Bonchev–Trinajstić information content (AvgIpc) is 2.93. The van der Waals surface area contributed by atoms with E-state index in [0.717, 1.165) is 0 Å². The molecule has 1 fully saturated rings. The second kappa shape index (κ2) is 7.39. The zero-order valence-electron chi connectivity index (χ0n) is 13.2. The van der Waals surface area contributed by atoms with Gasteiger partial charge in [-0.05, 0) is 38.0 Å². The first-order valence-corrected chi connectivity index (χ1v) is 9.15. The Balaban J connectivity index is 2.09. The molecule has 4 N–H and O–H groups in total. The molecule has 0 bridgehead atoms. The van der Waals surface area contributed by atoms with Crippen molar-refractivity contribution in [1.29, 1.82) is 0 Å². The summed E-state index contributed by atoms with van der Waals surface area (Å²) >= 11 is 0. The van der Waals surface area contributed by atoms with Crippen molar-refractivity contribution in [2.24, 2.45) is 0 Å². The van der Waals surface area contributed by atoms with Crippen LogP contribution in [0.4, 0.5) is 5.69 Å². The number of nitrogens with one attached hydrogen (secondary N) is 3. The predicted molar refractivity (Wildman–Crippen MR) is 87.6 cm³/mol. The molecule has 128 valence electrons. The van der Waals surface area contributed by atoms with E-state index in [0.29, 0.717) is 25.1 Å². The summed E-state index contributed by atoms with van der Waals surface area (Å²) in [7, 11) is -3.61. The monoisotopic (exact) mass is 341 g/mol. The van der Waals surface area contributed by atoms with Gasteiger partial charge >= 0.3 is 0 Å². The zero-order chi connectivity index (χ0) is 17.0. The van der Waals surface area contributed by atoms with Crippen LogP contribution < -0.4 is 15.4 Å². The summed E-state index contributed by atoms with van der Waals surface area (Å²) in [5, 5.41) is 15.0. The second-order valence-electron chi connectivity index (χ2n) is 5.80. The first-order chi connectivity index (χ1) is 10.8. The highest BCUT2D eigenvalue weighted by Crippen LogP contribution is 2.17. The minimum Gasteiger partial charge on any atom is -0.392 e. The summed E-state index contributed by atoms with van der Waals surface area (Å²) in [6.45, 7) is 4.07. The summed E-state index contributed by atoms with van der Waals surface area (Å²) in [5.41, 5.74) is 0.408. The lowest BCUT2D eigenvalue weighted by molar-refractivity contribution is -0.117. The second-order valence-corrected chi connectivity index (χ2v) is 7.51. The average molecular weight is 341 g/mol. The van der Waals surface area contributed by atoms with Crippen LogP contribution in [0.5, 0.6) is 0 Å². The highest BCUT2D eigenvalue weighted by Gasteiger charge is 2.28. The Labute approximate surface area is 136 Å². The van der Waals surface area contributed by atoms with E-state index in [-0.39, 0.29) is 16.8 Å². The first kappa shape index (κ1) is 17.9. The molecule has 1 aliphatic heterocycles. The lowest BCUT2D eigenvalue weighted by Crippen LogP contribution is -2.35. The van der Waals surface area contributed by atoms with Crippen LogP contribution in [0.2, 0.25) is 0 Å². The molecule has 0 aliphatic carbocycles. The Bertz CT molecular complexity index is 662. The number of aliphatic hydroxyl groups excluding tert-OH is 1. The lowest BCUT2D eigenvalue weighted by atomic mass is 10.2. The van der Waals surface area contributed by atoms with Crippen molar-refractivity contribution in [3.8, 4) is 0 Å². The minimum absolute atomic E-state index is 0.106. The van der Waals surface area contributed by atoms with Crippen molar-refractivity contribution in [3.63, 3.8) is 0 Å². The van der Waals surface area contributed by atoms with E-state index in [9.17, 15) is 18.3 Å². The smallest absolute Gasteiger partial charge is 0.241 e. The Kier molecular flexibility index (Phi) is 5.74. The molecule has 1 aliphatic rings. The van der Waals surface area contributed by atoms with Crippen molar-refractivity contribution in [2.45, 2.75) is 49.8 Å². The van der Waals surface area contributed by atoms with Gasteiger partial charge in [0.25, 0.3) is 0 Å². The standard InChI is InChI=1S/C15H23N3O4S/c1-3-10(2)18-23(21,22)13-6-4-5-11(7-13)17-15(20)14-8-12(19)9-16-14/h4-7,10,12,14,16,18-19H,3,8-9H2,1-2H3,(H,17,20). The maximum atomic E-state index is 12.3. The molecule has 23 heavy (non-hydrogen) atoms. The predicted octanol–water partition coefficient (Wildman–Crippen LogP) is 0.425. The number of anilines is 1. The number of β-amino-alcohol motifs (C(OH)–C–C–N with tert-alkyl or cyclic N) is 1. The highest BCUT2D eigenvalue weighted by atomic mass is 32.2. The molecule has 1 amide bonds. The van der Waals surface area contributed by atoms with E-state index in [1.165, 1.54) is 12.1 Å². The maximum absolute atomic E-state index is 12.3. The van der Waals surface area contributed by atoms with Gasteiger partial charge in [0.05, 0.1) is 17.0 Å². The number of rotatable bonds is 6. The van der Waals surface area contributed by atoms with E-state index >= 15 is 0 Å². The van der Waals surface area contributed by atoms with E-state index in [1.54, 1.807) is 19.1 Å². The number of carbonyl (C=O) groups excluding carboxylic acids is 1. The van der Waals surface area contributed by atoms with Gasteiger partial charge in [0.2, 0.25) is 15.9 Å². The molecular weight excluding hydrogens is 318 g/mol. The largest absolute Gasteiger partial charge is 0.392 e. The number of hydrogen-bond acceptors (Lipinski definition) is 5. The highest BCUT2D eigenvalue weighted by molar-refractivity contribution is 7.89. The number of hydrogen-bond donors (Lipinski definition) is 4. The van der Waals surface area contributed by atoms with Crippen molar-refractivity contribution < 1.29 is 18.3 Å². The summed E-state index contributed by atoms with van der Waals surface area (Å²) in [6.07, 6.45) is 0.502. The fourth-order valence-corrected chi connectivity index (χ4v) is 3.68. The zero-order valence-corrected chi connectivity index (χ0v) is 14.1. The van der Waals surface area contributed by atoms with Crippen LogP contribution >= 0.6 is 0 Å². The molecule has 1 saturated heterocycles. The van der Waals surface area contributed by atoms with E-state index in [4.69, 9.17) is 0 Å². The van der Waals surface area contributed by atoms with Crippen LogP contribution in [0.15, 0.2) is 29.2 Å². The number of carbonyl (C=O) groups is 1. The van der Waals surface area contributed by atoms with Crippen LogP contribution in [0, 0.1) is 0 Å². The van der Waals surface area contributed by atoms with Crippen LogP contribution in [-0.2, 0) is 14.8 Å². The van der Waals surface area contributed by atoms with E-state index in [2.05, 4.69) is 15.4 Å². The quantitative estimate of drug-likeness (QED) is 0.600. The SMILES string of the molecule is CCC(C)NS(=O)(=O)c1cccc(NC(=O)C2CC(O)CN2)c1. The number of sulfonamides is 1. The molecule has 3 unspecified atom stereocenters.